The number of anilines is 1. The zero-order valence-corrected chi connectivity index (χ0v) is 13.5. The van der Waals surface area contributed by atoms with Gasteiger partial charge in [0.05, 0.1) is 11.4 Å². The van der Waals surface area contributed by atoms with E-state index in [1.165, 1.54) is 12.8 Å². The molecular weight excluding hydrogens is 288 g/mol. The van der Waals surface area contributed by atoms with Crippen molar-refractivity contribution in [2.45, 2.75) is 26.2 Å². The van der Waals surface area contributed by atoms with Crippen LogP contribution in [-0.2, 0) is 4.79 Å². The molecule has 3 rings (SSSR count). The Morgan fingerprint density at radius 2 is 2.13 bits per heavy atom. The summed E-state index contributed by atoms with van der Waals surface area (Å²) >= 11 is 0. The van der Waals surface area contributed by atoms with Crippen LogP contribution in [0.3, 0.4) is 0 Å². The molecule has 23 heavy (non-hydrogen) atoms. The van der Waals surface area contributed by atoms with Crippen LogP contribution in [0.15, 0.2) is 42.7 Å². The molecule has 2 aromatic rings. The predicted molar refractivity (Wildman–Crippen MR) is 91.6 cm³/mol. The lowest BCUT2D eigenvalue weighted by atomic mass is 9.84. The molecule has 1 amide bonds. The van der Waals surface area contributed by atoms with Gasteiger partial charge in [-0.2, -0.15) is 5.10 Å². The van der Waals surface area contributed by atoms with Crippen molar-refractivity contribution < 1.29 is 4.79 Å². The first kappa shape index (κ1) is 15.7. The third-order valence-corrected chi connectivity index (χ3v) is 4.63. The molecule has 2 N–H and O–H groups in total. The zero-order chi connectivity index (χ0) is 16.1. The van der Waals surface area contributed by atoms with Crippen molar-refractivity contribution in [3.05, 3.63) is 42.7 Å². The van der Waals surface area contributed by atoms with E-state index in [4.69, 9.17) is 0 Å². The molecule has 1 aromatic carbocycles. The number of piperidine rings is 1. The van der Waals surface area contributed by atoms with Gasteiger partial charge in [0, 0.05) is 18.8 Å². The van der Waals surface area contributed by atoms with Crippen molar-refractivity contribution in [3.8, 4) is 5.69 Å². The molecule has 1 aliphatic rings. The highest BCUT2D eigenvalue weighted by atomic mass is 16.1. The van der Waals surface area contributed by atoms with Crippen LogP contribution >= 0.6 is 0 Å². The number of nitrogens with one attached hydrogen (secondary N) is 2. The van der Waals surface area contributed by atoms with Crippen LogP contribution in [0.1, 0.15) is 26.2 Å². The normalized spacial score (nSPS) is 16.9. The van der Waals surface area contributed by atoms with Crippen LogP contribution in [0.5, 0.6) is 0 Å². The highest BCUT2D eigenvalue weighted by molar-refractivity contribution is 5.92. The topological polar surface area (TPSA) is 59.0 Å². The number of nitrogens with zero attached hydrogens (tertiary/aromatic N) is 2. The van der Waals surface area contributed by atoms with Crippen LogP contribution in [0.4, 0.5) is 5.69 Å². The van der Waals surface area contributed by atoms with Crippen molar-refractivity contribution in [2.24, 2.45) is 11.8 Å². The molecule has 1 aromatic heterocycles. The zero-order valence-electron chi connectivity index (χ0n) is 13.5. The van der Waals surface area contributed by atoms with Crippen LogP contribution < -0.4 is 10.6 Å². The first-order valence-electron chi connectivity index (χ1n) is 8.33. The van der Waals surface area contributed by atoms with Gasteiger partial charge in [-0.15, -0.1) is 0 Å². The molecular formula is C18H24N4O. The molecule has 2 heterocycles. The van der Waals surface area contributed by atoms with E-state index in [0.717, 1.165) is 24.5 Å². The number of rotatable bonds is 5. The van der Waals surface area contributed by atoms with E-state index in [9.17, 15) is 4.79 Å². The number of benzene rings is 1. The van der Waals surface area contributed by atoms with Gasteiger partial charge in [0.15, 0.2) is 0 Å². The number of carbonyl (C=O) groups is 1. The van der Waals surface area contributed by atoms with Crippen molar-refractivity contribution in [3.63, 3.8) is 0 Å². The summed E-state index contributed by atoms with van der Waals surface area (Å²) in [5, 5.41) is 10.7. The maximum atomic E-state index is 12.4. The fourth-order valence-electron chi connectivity index (χ4n) is 3.26. The quantitative estimate of drug-likeness (QED) is 0.892. The van der Waals surface area contributed by atoms with E-state index < -0.39 is 0 Å². The Balaban J connectivity index is 1.64. The molecule has 1 fully saturated rings. The van der Waals surface area contributed by atoms with Crippen molar-refractivity contribution in [1.29, 1.82) is 0 Å². The molecule has 1 unspecified atom stereocenters. The Hall–Kier alpha value is -2.14. The van der Waals surface area contributed by atoms with Crippen molar-refractivity contribution >= 4 is 11.6 Å². The molecule has 5 heteroatoms. The maximum absolute atomic E-state index is 12.4. The SMILES string of the molecule is CC(CC(=O)Nc1ccccc1-n1cccn1)C1CCNCC1. The highest BCUT2D eigenvalue weighted by Crippen LogP contribution is 2.25. The van der Waals surface area contributed by atoms with Gasteiger partial charge in [-0.25, -0.2) is 4.68 Å². The summed E-state index contributed by atoms with van der Waals surface area (Å²) in [5.74, 6) is 1.13. The summed E-state index contributed by atoms with van der Waals surface area (Å²) < 4.78 is 1.77. The lowest BCUT2D eigenvalue weighted by molar-refractivity contribution is -0.117. The minimum atomic E-state index is 0.0793. The third-order valence-electron chi connectivity index (χ3n) is 4.63. The van der Waals surface area contributed by atoms with Crippen molar-refractivity contribution in [1.82, 2.24) is 15.1 Å². The number of amides is 1. The maximum Gasteiger partial charge on any atom is 0.224 e. The molecule has 0 saturated carbocycles. The summed E-state index contributed by atoms with van der Waals surface area (Å²) in [6.07, 6.45) is 6.51. The van der Waals surface area contributed by atoms with Gasteiger partial charge in [0.25, 0.3) is 0 Å². The van der Waals surface area contributed by atoms with Gasteiger partial charge in [-0.05, 0) is 56.0 Å². The number of aromatic nitrogens is 2. The Kier molecular flexibility index (Phi) is 5.08. The standard InChI is InChI=1S/C18H24N4O/c1-14(15-7-10-19-11-8-15)13-18(23)21-16-5-2-3-6-17(16)22-12-4-9-20-22/h2-6,9,12,14-15,19H,7-8,10-11,13H2,1H3,(H,21,23). The summed E-state index contributed by atoms with van der Waals surface area (Å²) in [5.41, 5.74) is 1.69. The highest BCUT2D eigenvalue weighted by Gasteiger charge is 2.22. The second-order valence-electron chi connectivity index (χ2n) is 6.28. The smallest absolute Gasteiger partial charge is 0.224 e. The van der Waals surface area contributed by atoms with Gasteiger partial charge in [0.2, 0.25) is 5.91 Å². The Morgan fingerprint density at radius 1 is 1.35 bits per heavy atom. The molecule has 0 bridgehead atoms. The number of carbonyl (C=O) groups excluding carboxylic acids is 1. The Bertz CT molecular complexity index is 632. The lowest BCUT2D eigenvalue weighted by Gasteiger charge is -2.28. The monoisotopic (exact) mass is 312 g/mol. The lowest BCUT2D eigenvalue weighted by Crippen LogP contribution is -2.32. The predicted octanol–water partition coefficient (Wildman–Crippen LogP) is 2.84. The van der Waals surface area contributed by atoms with Gasteiger partial charge < -0.3 is 10.6 Å². The molecule has 0 spiro atoms. The van der Waals surface area contributed by atoms with Crippen LogP contribution in [0.2, 0.25) is 0 Å². The number of hydrogen-bond donors (Lipinski definition) is 2. The second kappa shape index (κ2) is 7.42. The van der Waals surface area contributed by atoms with Gasteiger partial charge in [-0.3, -0.25) is 4.79 Å². The van der Waals surface area contributed by atoms with Gasteiger partial charge >= 0.3 is 0 Å². The van der Waals surface area contributed by atoms with Crippen molar-refractivity contribution in [2.75, 3.05) is 18.4 Å². The minimum absolute atomic E-state index is 0.0793. The molecule has 1 saturated heterocycles. The van der Waals surface area contributed by atoms with E-state index >= 15 is 0 Å². The van der Waals surface area contributed by atoms with E-state index in [1.54, 1.807) is 10.9 Å². The third kappa shape index (κ3) is 3.99. The van der Waals surface area contributed by atoms with Gasteiger partial charge in [-0.1, -0.05) is 19.1 Å². The molecule has 5 nitrogen and oxygen atoms in total. The van der Waals surface area contributed by atoms with Gasteiger partial charge in [0.1, 0.15) is 0 Å². The molecule has 0 aliphatic carbocycles. The fraction of sp³-hybridized carbons (Fsp3) is 0.444. The van der Waals surface area contributed by atoms with E-state index in [1.807, 2.05) is 36.5 Å². The second-order valence-corrected chi connectivity index (χ2v) is 6.28. The van der Waals surface area contributed by atoms with Crippen LogP contribution in [0, 0.1) is 11.8 Å². The summed E-state index contributed by atoms with van der Waals surface area (Å²) in [6.45, 7) is 4.33. The van der Waals surface area contributed by atoms with Crippen LogP contribution in [-0.4, -0.2) is 28.8 Å². The first-order chi connectivity index (χ1) is 11.2. The minimum Gasteiger partial charge on any atom is -0.324 e. The Morgan fingerprint density at radius 3 is 2.87 bits per heavy atom. The first-order valence-corrected chi connectivity index (χ1v) is 8.33. The average Bonchev–Trinajstić information content (AvgIpc) is 3.10. The Labute approximate surface area is 137 Å². The summed E-state index contributed by atoms with van der Waals surface area (Å²) in [4.78, 5) is 12.4. The van der Waals surface area contributed by atoms with Crippen LogP contribution in [0.25, 0.3) is 5.69 Å². The fourth-order valence-corrected chi connectivity index (χ4v) is 3.26. The largest absolute Gasteiger partial charge is 0.324 e. The molecule has 0 radical (unpaired) electrons. The number of para-hydroxylation sites is 2. The average molecular weight is 312 g/mol. The van der Waals surface area contributed by atoms with E-state index in [0.29, 0.717) is 18.3 Å². The number of hydrogen-bond acceptors (Lipinski definition) is 3. The molecule has 122 valence electrons. The molecule has 1 aliphatic heterocycles. The van der Waals surface area contributed by atoms with E-state index in [2.05, 4.69) is 22.7 Å². The summed E-state index contributed by atoms with van der Waals surface area (Å²) in [6, 6.07) is 9.63. The summed E-state index contributed by atoms with van der Waals surface area (Å²) in [7, 11) is 0. The van der Waals surface area contributed by atoms with E-state index in [-0.39, 0.29) is 5.91 Å². The molecule has 1 atom stereocenters.